The average Bonchev–Trinajstić information content (AvgIpc) is 2.15. The average molecular weight is 242 g/mol. The van der Waals surface area contributed by atoms with Gasteiger partial charge in [-0.15, -0.1) is 0 Å². The molecule has 0 fully saturated rings. The second-order valence-electron chi connectivity index (χ2n) is 4.72. The van der Waals surface area contributed by atoms with Crippen LogP contribution in [0.15, 0.2) is 29.2 Å². The fourth-order valence-electron chi connectivity index (χ4n) is 1.19. The van der Waals surface area contributed by atoms with Crippen molar-refractivity contribution in [3.8, 4) is 0 Å². The summed E-state index contributed by atoms with van der Waals surface area (Å²) < 4.78 is 25.7. The van der Waals surface area contributed by atoms with E-state index in [1.165, 1.54) is 10.4 Å². The number of rotatable bonds is 2. The normalized spacial score (nSPS) is 13.1. The minimum Gasteiger partial charge on any atom is -0.399 e. The van der Waals surface area contributed by atoms with Crippen LogP contribution in [0.4, 0.5) is 5.69 Å². The van der Waals surface area contributed by atoms with E-state index in [4.69, 9.17) is 5.73 Å². The Morgan fingerprint density at radius 1 is 1.25 bits per heavy atom. The molecule has 0 aliphatic rings. The number of nitrogens with zero attached hydrogens (tertiary/aromatic N) is 1. The highest BCUT2D eigenvalue weighted by Crippen LogP contribution is 2.23. The summed E-state index contributed by atoms with van der Waals surface area (Å²) in [6.07, 6.45) is 0. The lowest BCUT2D eigenvalue weighted by atomic mass is 10.1. The molecule has 0 heterocycles. The first-order valence-corrected chi connectivity index (χ1v) is 6.44. The highest BCUT2D eigenvalue weighted by atomic mass is 32.2. The second kappa shape index (κ2) is 4.07. The molecular formula is C11H18N2O2S. The Morgan fingerprint density at radius 2 is 1.81 bits per heavy atom. The first kappa shape index (κ1) is 13.0. The van der Waals surface area contributed by atoms with E-state index in [2.05, 4.69) is 0 Å². The van der Waals surface area contributed by atoms with Crippen molar-refractivity contribution < 1.29 is 8.42 Å². The van der Waals surface area contributed by atoms with Crippen molar-refractivity contribution in [2.45, 2.75) is 31.2 Å². The predicted molar refractivity (Wildman–Crippen MR) is 65.6 cm³/mol. The first-order valence-electron chi connectivity index (χ1n) is 5.00. The number of sulfonamides is 1. The van der Waals surface area contributed by atoms with Crippen LogP contribution in [0.2, 0.25) is 0 Å². The van der Waals surface area contributed by atoms with E-state index in [1.807, 2.05) is 20.8 Å². The summed E-state index contributed by atoms with van der Waals surface area (Å²) in [4.78, 5) is 0.227. The van der Waals surface area contributed by atoms with E-state index >= 15 is 0 Å². The SMILES string of the molecule is CN(C(C)(C)C)S(=O)(=O)c1cccc(N)c1. The maximum Gasteiger partial charge on any atom is 0.243 e. The van der Waals surface area contributed by atoms with Gasteiger partial charge in [0.15, 0.2) is 0 Å². The molecule has 0 spiro atoms. The van der Waals surface area contributed by atoms with Gasteiger partial charge in [-0.2, -0.15) is 4.31 Å². The van der Waals surface area contributed by atoms with Crippen LogP contribution in [0.1, 0.15) is 20.8 Å². The Labute approximate surface area is 97.1 Å². The van der Waals surface area contributed by atoms with Crippen molar-refractivity contribution in [2.24, 2.45) is 0 Å². The maximum atomic E-state index is 12.2. The zero-order chi connectivity index (χ0) is 12.6. The van der Waals surface area contributed by atoms with Crippen molar-refractivity contribution in [1.29, 1.82) is 0 Å². The number of nitrogens with two attached hydrogens (primary N) is 1. The van der Waals surface area contributed by atoms with Crippen LogP contribution in [-0.4, -0.2) is 25.3 Å². The predicted octanol–water partition coefficient (Wildman–Crippen LogP) is 1.69. The Balaban J connectivity index is 3.23. The van der Waals surface area contributed by atoms with Crippen molar-refractivity contribution in [3.63, 3.8) is 0 Å². The van der Waals surface area contributed by atoms with Crippen molar-refractivity contribution >= 4 is 15.7 Å². The Bertz CT molecular complexity index is 475. The summed E-state index contributed by atoms with van der Waals surface area (Å²) in [6.45, 7) is 5.53. The molecule has 0 atom stereocenters. The highest BCUT2D eigenvalue weighted by Gasteiger charge is 2.30. The molecule has 16 heavy (non-hydrogen) atoms. The highest BCUT2D eigenvalue weighted by molar-refractivity contribution is 7.89. The minimum atomic E-state index is -3.47. The molecule has 0 aromatic heterocycles. The van der Waals surface area contributed by atoms with Crippen molar-refractivity contribution in [2.75, 3.05) is 12.8 Å². The lowest BCUT2D eigenvalue weighted by Crippen LogP contribution is -2.42. The lowest BCUT2D eigenvalue weighted by Gasteiger charge is -2.30. The van der Waals surface area contributed by atoms with E-state index < -0.39 is 15.6 Å². The monoisotopic (exact) mass is 242 g/mol. The lowest BCUT2D eigenvalue weighted by molar-refractivity contribution is 0.292. The van der Waals surface area contributed by atoms with E-state index in [0.717, 1.165) is 0 Å². The summed E-state index contributed by atoms with van der Waals surface area (Å²) in [5, 5.41) is 0. The van der Waals surface area contributed by atoms with Gasteiger partial charge in [-0.3, -0.25) is 0 Å². The standard InChI is InChI=1S/C11H18N2O2S/c1-11(2,3)13(4)16(14,15)10-7-5-6-9(12)8-10/h5-8H,12H2,1-4H3. The summed E-state index contributed by atoms with van der Waals surface area (Å²) in [5.41, 5.74) is 5.57. The van der Waals surface area contributed by atoms with E-state index in [1.54, 1.807) is 25.2 Å². The molecule has 0 aliphatic heterocycles. The van der Waals surface area contributed by atoms with Crippen molar-refractivity contribution in [3.05, 3.63) is 24.3 Å². The number of benzene rings is 1. The van der Waals surface area contributed by atoms with Crippen LogP contribution in [0, 0.1) is 0 Å². The molecule has 90 valence electrons. The topological polar surface area (TPSA) is 63.4 Å². The Morgan fingerprint density at radius 3 is 2.25 bits per heavy atom. The smallest absolute Gasteiger partial charge is 0.243 e. The van der Waals surface area contributed by atoms with Gasteiger partial charge in [0.2, 0.25) is 10.0 Å². The molecule has 1 aromatic rings. The van der Waals surface area contributed by atoms with Gasteiger partial charge in [-0.1, -0.05) is 6.07 Å². The van der Waals surface area contributed by atoms with Crippen LogP contribution >= 0.6 is 0 Å². The fourth-order valence-corrected chi connectivity index (χ4v) is 2.77. The molecule has 0 unspecified atom stereocenters. The quantitative estimate of drug-likeness (QED) is 0.803. The van der Waals surface area contributed by atoms with Crippen LogP contribution in [0.25, 0.3) is 0 Å². The number of hydrogen-bond donors (Lipinski definition) is 1. The van der Waals surface area contributed by atoms with Gasteiger partial charge >= 0.3 is 0 Å². The number of anilines is 1. The number of nitrogen functional groups attached to an aromatic ring is 1. The molecule has 0 amide bonds. The molecule has 0 aliphatic carbocycles. The second-order valence-corrected chi connectivity index (χ2v) is 6.69. The van der Waals surface area contributed by atoms with Gasteiger partial charge < -0.3 is 5.73 Å². The van der Waals surface area contributed by atoms with Gasteiger partial charge in [0.1, 0.15) is 0 Å². The molecule has 2 N–H and O–H groups in total. The molecule has 1 aromatic carbocycles. The molecule has 0 saturated heterocycles. The molecule has 5 heteroatoms. The minimum absolute atomic E-state index is 0.227. The Kier molecular flexibility index (Phi) is 3.30. The largest absolute Gasteiger partial charge is 0.399 e. The van der Waals surface area contributed by atoms with Gasteiger partial charge in [0, 0.05) is 18.3 Å². The molecule has 0 bridgehead atoms. The van der Waals surface area contributed by atoms with Gasteiger partial charge in [0.05, 0.1) is 4.90 Å². The maximum absolute atomic E-state index is 12.2. The van der Waals surface area contributed by atoms with Gasteiger partial charge in [-0.05, 0) is 39.0 Å². The van der Waals surface area contributed by atoms with Crippen LogP contribution in [0.3, 0.4) is 0 Å². The molecule has 0 saturated carbocycles. The first-order chi connectivity index (χ1) is 7.15. The molecular weight excluding hydrogens is 224 g/mol. The number of hydrogen-bond acceptors (Lipinski definition) is 3. The zero-order valence-electron chi connectivity index (χ0n) is 10.1. The van der Waals surface area contributed by atoms with E-state index in [0.29, 0.717) is 5.69 Å². The third kappa shape index (κ3) is 2.54. The fraction of sp³-hybridized carbons (Fsp3) is 0.455. The van der Waals surface area contributed by atoms with Gasteiger partial charge in [0.25, 0.3) is 0 Å². The van der Waals surface area contributed by atoms with Crippen LogP contribution in [0.5, 0.6) is 0 Å². The van der Waals surface area contributed by atoms with Gasteiger partial charge in [-0.25, -0.2) is 8.42 Å². The third-order valence-corrected chi connectivity index (χ3v) is 4.58. The van der Waals surface area contributed by atoms with E-state index in [-0.39, 0.29) is 4.90 Å². The zero-order valence-corrected chi connectivity index (χ0v) is 10.9. The van der Waals surface area contributed by atoms with Crippen LogP contribution < -0.4 is 5.73 Å². The summed E-state index contributed by atoms with van der Waals surface area (Å²) in [5.74, 6) is 0. The van der Waals surface area contributed by atoms with E-state index in [9.17, 15) is 8.42 Å². The molecule has 1 rings (SSSR count). The Hall–Kier alpha value is -1.07. The third-order valence-electron chi connectivity index (χ3n) is 2.46. The summed E-state index contributed by atoms with van der Waals surface area (Å²) in [7, 11) is -1.90. The van der Waals surface area contributed by atoms with Crippen molar-refractivity contribution in [1.82, 2.24) is 4.31 Å². The molecule has 4 nitrogen and oxygen atoms in total. The molecule has 0 radical (unpaired) electrons. The summed E-state index contributed by atoms with van der Waals surface area (Å²) in [6, 6.07) is 6.32. The van der Waals surface area contributed by atoms with Crippen LogP contribution in [-0.2, 0) is 10.0 Å². The summed E-state index contributed by atoms with van der Waals surface area (Å²) >= 11 is 0.